The second-order valence-electron chi connectivity index (χ2n) is 5.40. The van der Waals surface area contributed by atoms with Crippen molar-refractivity contribution >= 4 is 0 Å². The number of aliphatic hydroxyl groups is 1. The molecule has 2 unspecified atom stereocenters. The summed E-state index contributed by atoms with van der Waals surface area (Å²) < 4.78 is 0. The highest BCUT2D eigenvalue weighted by molar-refractivity contribution is 4.91. The van der Waals surface area contributed by atoms with Crippen LogP contribution in [0.2, 0.25) is 0 Å². The molecule has 0 aromatic heterocycles. The van der Waals surface area contributed by atoms with Crippen LogP contribution in [-0.2, 0) is 0 Å². The average molecular weight is 211 g/mol. The quantitative estimate of drug-likeness (QED) is 0.759. The van der Waals surface area contributed by atoms with Crippen molar-refractivity contribution in [1.82, 2.24) is 4.90 Å². The predicted molar refractivity (Wildman–Crippen MR) is 62.9 cm³/mol. The van der Waals surface area contributed by atoms with Gasteiger partial charge in [0.05, 0.1) is 6.10 Å². The molecule has 0 spiro atoms. The monoisotopic (exact) mass is 211 g/mol. The van der Waals surface area contributed by atoms with Gasteiger partial charge in [0.25, 0.3) is 0 Å². The lowest BCUT2D eigenvalue weighted by Crippen LogP contribution is -2.45. The highest BCUT2D eigenvalue weighted by Crippen LogP contribution is 2.34. The Bertz CT molecular complexity index is 199. The van der Waals surface area contributed by atoms with Crippen molar-refractivity contribution < 1.29 is 5.11 Å². The zero-order valence-electron chi connectivity index (χ0n) is 10.2. The molecule has 2 nitrogen and oxygen atoms in total. The van der Waals surface area contributed by atoms with E-state index >= 15 is 0 Å². The number of likely N-dealkylation sites (tertiary alicyclic amines) is 1. The second-order valence-corrected chi connectivity index (χ2v) is 5.40. The van der Waals surface area contributed by atoms with Gasteiger partial charge in [0, 0.05) is 18.1 Å². The fourth-order valence-electron chi connectivity index (χ4n) is 3.52. The molecule has 2 fully saturated rings. The summed E-state index contributed by atoms with van der Waals surface area (Å²) >= 11 is 0. The summed E-state index contributed by atoms with van der Waals surface area (Å²) in [6.07, 6.45) is 8.50. The Morgan fingerprint density at radius 3 is 2.33 bits per heavy atom. The highest BCUT2D eigenvalue weighted by Gasteiger charge is 2.36. The van der Waals surface area contributed by atoms with Crippen LogP contribution in [0, 0.1) is 0 Å². The van der Waals surface area contributed by atoms with Crippen LogP contribution < -0.4 is 0 Å². The van der Waals surface area contributed by atoms with Crippen LogP contribution in [0.25, 0.3) is 0 Å². The number of hydrogen-bond acceptors (Lipinski definition) is 2. The van der Waals surface area contributed by atoms with Gasteiger partial charge in [0.2, 0.25) is 0 Å². The smallest absolute Gasteiger partial charge is 0.0541 e. The fourth-order valence-corrected chi connectivity index (χ4v) is 3.52. The van der Waals surface area contributed by atoms with Crippen LogP contribution in [0.1, 0.15) is 58.8 Å². The molecule has 1 aliphatic heterocycles. The molecule has 1 saturated heterocycles. The van der Waals surface area contributed by atoms with E-state index in [-0.39, 0.29) is 6.10 Å². The van der Waals surface area contributed by atoms with Gasteiger partial charge >= 0.3 is 0 Å². The van der Waals surface area contributed by atoms with Crippen molar-refractivity contribution in [3.8, 4) is 0 Å². The Hall–Kier alpha value is -0.0800. The Balaban J connectivity index is 1.96. The maximum Gasteiger partial charge on any atom is 0.0541 e. The minimum absolute atomic E-state index is 0.0146. The molecule has 1 saturated carbocycles. The van der Waals surface area contributed by atoms with Gasteiger partial charge in [-0.2, -0.15) is 0 Å². The summed E-state index contributed by atoms with van der Waals surface area (Å²) in [7, 11) is 0. The maximum absolute atomic E-state index is 9.54. The summed E-state index contributed by atoms with van der Waals surface area (Å²) in [5, 5.41) is 9.54. The van der Waals surface area contributed by atoms with Crippen molar-refractivity contribution in [2.24, 2.45) is 0 Å². The van der Waals surface area contributed by atoms with E-state index < -0.39 is 0 Å². The van der Waals surface area contributed by atoms with Crippen LogP contribution in [-0.4, -0.2) is 34.2 Å². The van der Waals surface area contributed by atoms with E-state index in [4.69, 9.17) is 0 Å². The van der Waals surface area contributed by atoms with Gasteiger partial charge in [-0.15, -0.1) is 0 Å². The molecule has 1 aliphatic carbocycles. The van der Waals surface area contributed by atoms with E-state index in [9.17, 15) is 5.11 Å². The molecule has 88 valence electrons. The lowest BCUT2D eigenvalue weighted by atomic mass is 9.91. The van der Waals surface area contributed by atoms with E-state index in [1.165, 1.54) is 32.1 Å². The Labute approximate surface area is 93.7 Å². The minimum Gasteiger partial charge on any atom is -0.393 e. The minimum atomic E-state index is -0.0146. The topological polar surface area (TPSA) is 23.5 Å². The van der Waals surface area contributed by atoms with Gasteiger partial charge in [-0.25, -0.2) is 0 Å². The SMILES string of the molecule is CCC1CCC(C)N1C1CCC(O)CC1. The van der Waals surface area contributed by atoms with Crippen molar-refractivity contribution in [3.63, 3.8) is 0 Å². The molecule has 15 heavy (non-hydrogen) atoms. The lowest BCUT2D eigenvalue weighted by molar-refractivity contribution is 0.0510. The van der Waals surface area contributed by atoms with Crippen LogP contribution in [0.3, 0.4) is 0 Å². The number of aliphatic hydroxyl groups excluding tert-OH is 1. The fraction of sp³-hybridized carbons (Fsp3) is 1.00. The second kappa shape index (κ2) is 4.84. The maximum atomic E-state index is 9.54. The van der Waals surface area contributed by atoms with Gasteiger partial charge in [0.15, 0.2) is 0 Å². The van der Waals surface area contributed by atoms with Crippen molar-refractivity contribution in [2.45, 2.75) is 83.0 Å². The molecule has 0 radical (unpaired) electrons. The molecule has 2 rings (SSSR count). The molecule has 0 bridgehead atoms. The van der Waals surface area contributed by atoms with Crippen molar-refractivity contribution in [3.05, 3.63) is 0 Å². The first-order valence-electron chi connectivity index (χ1n) is 6.67. The third-order valence-corrected chi connectivity index (χ3v) is 4.41. The highest BCUT2D eigenvalue weighted by atomic mass is 16.3. The first-order chi connectivity index (χ1) is 7.22. The molecular weight excluding hydrogens is 186 g/mol. The van der Waals surface area contributed by atoms with Crippen molar-refractivity contribution in [2.75, 3.05) is 0 Å². The Morgan fingerprint density at radius 1 is 1.07 bits per heavy atom. The van der Waals surface area contributed by atoms with Gasteiger partial charge in [-0.3, -0.25) is 4.90 Å². The molecule has 0 aromatic rings. The normalized spacial score (nSPS) is 43.4. The van der Waals surface area contributed by atoms with E-state index in [1.54, 1.807) is 0 Å². The first kappa shape index (κ1) is 11.4. The summed E-state index contributed by atoms with van der Waals surface area (Å²) in [6, 6.07) is 2.35. The Morgan fingerprint density at radius 2 is 1.73 bits per heavy atom. The molecule has 0 aromatic carbocycles. The largest absolute Gasteiger partial charge is 0.393 e. The van der Waals surface area contributed by atoms with Gasteiger partial charge < -0.3 is 5.11 Å². The molecule has 2 aliphatic rings. The third kappa shape index (κ3) is 2.36. The summed E-state index contributed by atoms with van der Waals surface area (Å²) in [4.78, 5) is 2.76. The molecule has 2 atom stereocenters. The molecular formula is C13H25NO. The summed E-state index contributed by atoms with van der Waals surface area (Å²) in [6.45, 7) is 4.69. The average Bonchev–Trinajstić information content (AvgIpc) is 2.61. The summed E-state index contributed by atoms with van der Waals surface area (Å²) in [5.41, 5.74) is 0. The molecule has 2 heteroatoms. The van der Waals surface area contributed by atoms with Gasteiger partial charge in [-0.1, -0.05) is 6.92 Å². The zero-order valence-corrected chi connectivity index (χ0v) is 10.2. The Kier molecular flexibility index (Phi) is 3.68. The van der Waals surface area contributed by atoms with E-state index in [2.05, 4.69) is 18.7 Å². The number of hydrogen-bond donors (Lipinski definition) is 1. The predicted octanol–water partition coefficient (Wildman–Crippen LogP) is 2.55. The van der Waals surface area contributed by atoms with E-state index in [1.807, 2.05) is 0 Å². The standard InChI is InChI=1S/C13H25NO/c1-3-11-5-4-10(2)14(11)12-6-8-13(15)9-7-12/h10-13,15H,3-9H2,1-2H3. The van der Waals surface area contributed by atoms with E-state index in [0.717, 1.165) is 31.0 Å². The summed E-state index contributed by atoms with van der Waals surface area (Å²) in [5.74, 6) is 0. The zero-order chi connectivity index (χ0) is 10.8. The van der Waals surface area contributed by atoms with E-state index in [0.29, 0.717) is 0 Å². The lowest BCUT2D eigenvalue weighted by Gasteiger charge is -2.39. The van der Waals surface area contributed by atoms with Gasteiger partial charge in [0.1, 0.15) is 0 Å². The van der Waals surface area contributed by atoms with Crippen molar-refractivity contribution in [1.29, 1.82) is 0 Å². The molecule has 1 N–H and O–H groups in total. The van der Waals surface area contributed by atoms with Crippen LogP contribution in [0.4, 0.5) is 0 Å². The van der Waals surface area contributed by atoms with Crippen LogP contribution >= 0.6 is 0 Å². The van der Waals surface area contributed by atoms with Crippen LogP contribution in [0.15, 0.2) is 0 Å². The molecule has 1 heterocycles. The first-order valence-corrected chi connectivity index (χ1v) is 6.67. The number of nitrogens with zero attached hydrogens (tertiary/aromatic N) is 1. The van der Waals surface area contributed by atoms with Crippen LogP contribution in [0.5, 0.6) is 0 Å². The third-order valence-electron chi connectivity index (χ3n) is 4.41. The molecule has 0 amide bonds. The number of rotatable bonds is 2. The van der Waals surface area contributed by atoms with Gasteiger partial charge in [-0.05, 0) is 51.9 Å².